The van der Waals surface area contributed by atoms with Crippen LogP contribution in [0.4, 0.5) is 0 Å². The van der Waals surface area contributed by atoms with Crippen molar-refractivity contribution in [3.8, 4) is 11.5 Å². The first-order valence-electron chi connectivity index (χ1n) is 7.85. The van der Waals surface area contributed by atoms with E-state index < -0.39 is 18.9 Å². The number of ketones is 1. The number of carbonyl (C=O) groups excluding carboxylic acids is 2. The molecule has 0 saturated carbocycles. The zero-order valence-electron chi connectivity index (χ0n) is 13.4. The maximum Gasteiger partial charge on any atom is 0.526 e. The summed E-state index contributed by atoms with van der Waals surface area (Å²) in [5.74, 6) is -0.807. The summed E-state index contributed by atoms with van der Waals surface area (Å²) in [6, 6.07) is 2.74. The summed E-state index contributed by atoms with van der Waals surface area (Å²) in [6.07, 6.45) is 1.78. The molecule has 0 unspecified atom stereocenters. The highest BCUT2D eigenvalue weighted by atomic mass is 16.5. The van der Waals surface area contributed by atoms with Gasteiger partial charge in [-0.05, 0) is 37.5 Å². The molecule has 0 saturated heterocycles. The Morgan fingerprint density at radius 2 is 2.13 bits per heavy atom. The van der Waals surface area contributed by atoms with Crippen LogP contribution in [0.1, 0.15) is 49.0 Å². The minimum atomic E-state index is -1.17. The van der Waals surface area contributed by atoms with E-state index in [0.717, 1.165) is 6.42 Å². The second kappa shape index (κ2) is 7.50. The standard InChI is InChI=1S/C16H21BO6/c1-3-5-12(18)8-11-6-10-7-13(19)9-14(16(20)22-4-2)15(10)23-17(11)21/h7,9,11,19,21H,3-6,8H2,1-2H3/t11-/m1/s1. The van der Waals surface area contributed by atoms with Gasteiger partial charge in [-0.1, -0.05) is 6.92 Å². The van der Waals surface area contributed by atoms with Crippen LogP contribution in [0.25, 0.3) is 0 Å². The molecule has 1 aromatic carbocycles. The molecule has 2 rings (SSSR count). The molecule has 124 valence electrons. The van der Waals surface area contributed by atoms with Crippen molar-refractivity contribution in [2.45, 2.75) is 45.3 Å². The quantitative estimate of drug-likeness (QED) is 0.616. The van der Waals surface area contributed by atoms with Crippen LogP contribution in [-0.4, -0.2) is 35.6 Å². The zero-order chi connectivity index (χ0) is 17.0. The Bertz CT molecular complexity index is 600. The normalized spacial score (nSPS) is 16.5. The minimum absolute atomic E-state index is 0.0642. The number of phenols is 1. The van der Waals surface area contributed by atoms with Crippen LogP contribution in [0, 0.1) is 0 Å². The molecule has 1 aliphatic rings. The van der Waals surface area contributed by atoms with Crippen molar-refractivity contribution in [1.82, 2.24) is 0 Å². The number of fused-ring (bicyclic) bond motifs is 1. The Morgan fingerprint density at radius 1 is 1.39 bits per heavy atom. The highest BCUT2D eigenvalue weighted by molar-refractivity contribution is 6.47. The fourth-order valence-electron chi connectivity index (χ4n) is 2.77. The van der Waals surface area contributed by atoms with Crippen molar-refractivity contribution < 1.29 is 29.1 Å². The highest BCUT2D eigenvalue weighted by Gasteiger charge is 2.38. The molecule has 1 aliphatic heterocycles. The lowest BCUT2D eigenvalue weighted by Gasteiger charge is -2.28. The lowest BCUT2D eigenvalue weighted by atomic mass is 9.64. The van der Waals surface area contributed by atoms with E-state index in [0.29, 0.717) is 18.4 Å². The molecule has 0 fully saturated rings. The van der Waals surface area contributed by atoms with Gasteiger partial charge >= 0.3 is 13.1 Å². The number of carbonyl (C=O) groups is 2. The Balaban J connectivity index is 2.26. The molecule has 0 radical (unpaired) electrons. The Hall–Kier alpha value is -2.02. The molecule has 7 heteroatoms. The first-order chi connectivity index (χ1) is 11.0. The number of ether oxygens (including phenoxy) is 1. The fourth-order valence-corrected chi connectivity index (χ4v) is 2.77. The molecule has 0 aromatic heterocycles. The van der Waals surface area contributed by atoms with E-state index >= 15 is 0 Å². The van der Waals surface area contributed by atoms with Gasteiger partial charge in [-0.2, -0.15) is 0 Å². The molecule has 23 heavy (non-hydrogen) atoms. The van der Waals surface area contributed by atoms with E-state index in [4.69, 9.17) is 9.39 Å². The maximum atomic E-state index is 12.0. The SMILES string of the molecule is CCCC(=O)C[C@H]1Cc2cc(O)cc(C(=O)OCC)c2OB1O. The third kappa shape index (κ3) is 4.04. The summed E-state index contributed by atoms with van der Waals surface area (Å²) in [5, 5.41) is 20.0. The van der Waals surface area contributed by atoms with Crippen LogP contribution < -0.4 is 4.65 Å². The van der Waals surface area contributed by atoms with Gasteiger partial charge in [0.05, 0.1) is 6.61 Å². The van der Waals surface area contributed by atoms with Gasteiger partial charge in [0.1, 0.15) is 22.8 Å². The number of hydrogen-bond acceptors (Lipinski definition) is 6. The fraction of sp³-hybridized carbons (Fsp3) is 0.500. The van der Waals surface area contributed by atoms with Gasteiger partial charge in [0.15, 0.2) is 0 Å². The summed E-state index contributed by atoms with van der Waals surface area (Å²) >= 11 is 0. The summed E-state index contributed by atoms with van der Waals surface area (Å²) in [7, 11) is -1.17. The number of Topliss-reactive ketones (excluding diaryl/α,β-unsaturated/α-hetero) is 1. The number of esters is 1. The van der Waals surface area contributed by atoms with E-state index in [1.807, 2.05) is 6.92 Å². The van der Waals surface area contributed by atoms with Crippen LogP contribution in [-0.2, 0) is 16.0 Å². The van der Waals surface area contributed by atoms with Gasteiger partial charge in [-0.25, -0.2) is 4.79 Å². The number of hydrogen-bond donors (Lipinski definition) is 2. The smallest absolute Gasteiger partial charge is 0.526 e. The lowest BCUT2D eigenvalue weighted by molar-refractivity contribution is -0.119. The van der Waals surface area contributed by atoms with Crippen molar-refractivity contribution in [1.29, 1.82) is 0 Å². The summed E-state index contributed by atoms with van der Waals surface area (Å²) < 4.78 is 10.4. The molecule has 1 heterocycles. The molecule has 0 amide bonds. The monoisotopic (exact) mass is 320 g/mol. The largest absolute Gasteiger partial charge is 0.535 e. The molecule has 1 atom stereocenters. The second-order valence-electron chi connectivity index (χ2n) is 5.67. The van der Waals surface area contributed by atoms with Crippen LogP contribution in [0.2, 0.25) is 5.82 Å². The summed E-state index contributed by atoms with van der Waals surface area (Å²) in [4.78, 5) is 23.8. The number of phenolic OH excluding ortho intramolecular Hbond substituents is 1. The predicted octanol–water partition coefficient (Wildman–Crippen LogP) is 2.11. The average molecular weight is 320 g/mol. The van der Waals surface area contributed by atoms with Crippen LogP contribution in [0.3, 0.4) is 0 Å². The van der Waals surface area contributed by atoms with Crippen molar-refractivity contribution in [3.63, 3.8) is 0 Å². The van der Waals surface area contributed by atoms with Gasteiger partial charge in [0.25, 0.3) is 0 Å². The molecular formula is C16H21BO6. The summed E-state index contributed by atoms with van der Waals surface area (Å²) in [6.45, 7) is 3.79. The maximum absolute atomic E-state index is 12.0. The van der Waals surface area contributed by atoms with E-state index in [1.165, 1.54) is 12.1 Å². The van der Waals surface area contributed by atoms with Gasteiger partial charge < -0.3 is 19.5 Å². The molecule has 6 nitrogen and oxygen atoms in total. The van der Waals surface area contributed by atoms with Crippen LogP contribution in [0.15, 0.2) is 12.1 Å². The van der Waals surface area contributed by atoms with Gasteiger partial charge in [0, 0.05) is 18.7 Å². The van der Waals surface area contributed by atoms with E-state index in [9.17, 15) is 19.7 Å². The average Bonchev–Trinajstić information content (AvgIpc) is 2.48. The predicted molar refractivity (Wildman–Crippen MR) is 84.7 cm³/mol. The van der Waals surface area contributed by atoms with Gasteiger partial charge in [-0.3, -0.25) is 4.79 Å². The lowest BCUT2D eigenvalue weighted by Crippen LogP contribution is -2.36. The first-order valence-corrected chi connectivity index (χ1v) is 7.85. The highest BCUT2D eigenvalue weighted by Crippen LogP contribution is 2.39. The molecular weight excluding hydrogens is 299 g/mol. The Labute approximate surface area is 135 Å². The zero-order valence-corrected chi connectivity index (χ0v) is 13.4. The topological polar surface area (TPSA) is 93.1 Å². The van der Waals surface area contributed by atoms with Crippen molar-refractivity contribution in [2.24, 2.45) is 0 Å². The van der Waals surface area contributed by atoms with Crippen LogP contribution >= 0.6 is 0 Å². The van der Waals surface area contributed by atoms with Gasteiger partial charge in [-0.15, -0.1) is 0 Å². The van der Waals surface area contributed by atoms with Crippen molar-refractivity contribution in [2.75, 3.05) is 6.61 Å². The van der Waals surface area contributed by atoms with Crippen molar-refractivity contribution >= 4 is 18.9 Å². The van der Waals surface area contributed by atoms with Gasteiger partial charge in [0.2, 0.25) is 0 Å². The third-order valence-corrected chi connectivity index (χ3v) is 3.79. The third-order valence-electron chi connectivity index (χ3n) is 3.79. The molecule has 1 aromatic rings. The van der Waals surface area contributed by atoms with Crippen molar-refractivity contribution in [3.05, 3.63) is 23.3 Å². The minimum Gasteiger partial charge on any atom is -0.535 e. The van der Waals surface area contributed by atoms with Crippen LogP contribution in [0.5, 0.6) is 11.5 Å². The number of rotatable bonds is 6. The molecule has 0 bridgehead atoms. The number of benzene rings is 1. The second-order valence-corrected chi connectivity index (χ2v) is 5.67. The summed E-state index contributed by atoms with van der Waals surface area (Å²) in [5.41, 5.74) is 0.673. The molecule has 0 aliphatic carbocycles. The molecule has 0 spiro atoms. The number of aromatic hydroxyl groups is 1. The molecule has 2 N–H and O–H groups in total. The Kier molecular flexibility index (Phi) is 5.66. The Morgan fingerprint density at radius 3 is 2.78 bits per heavy atom. The first kappa shape index (κ1) is 17.3. The van der Waals surface area contributed by atoms with E-state index in [1.54, 1.807) is 6.92 Å². The van der Waals surface area contributed by atoms with E-state index in [-0.39, 0.29) is 35.9 Å². The van der Waals surface area contributed by atoms with E-state index in [2.05, 4.69) is 0 Å².